The number of hydrogen-bond donors (Lipinski definition) is 2. The molecule has 0 amide bonds. The van der Waals surface area contributed by atoms with E-state index < -0.39 is 15.0 Å². The Morgan fingerprint density at radius 2 is 2.14 bits per heavy atom. The maximum Gasteiger partial charge on any atom is 0.298 e. The molecule has 0 aliphatic rings. The summed E-state index contributed by atoms with van der Waals surface area (Å²) in [6, 6.07) is 2.86. The van der Waals surface area contributed by atoms with Crippen molar-refractivity contribution in [2.45, 2.75) is 4.90 Å². The van der Waals surface area contributed by atoms with Crippen LogP contribution in [-0.4, -0.2) is 28.4 Å². The lowest BCUT2D eigenvalue weighted by Gasteiger charge is -1.99. The van der Waals surface area contributed by atoms with Gasteiger partial charge in [-0.2, -0.15) is 8.42 Å². The second-order valence-corrected chi connectivity index (χ2v) is 4.33. The third-order valence-electron chi connectivity index (χ3n) is 1.66. The molecular weight excluding hydrogens is 230 g/mol. The molecule has 0 saturated carbocycles. The average Bonchev–Trinajstić information content (AvgIpc) is 2.48. The summed E-state index contributed by atoms with van der Waals surface area (Å²) in [5, 5.41) is 9.30. The molecule has 0 radical (unpaired) electrons. The molecule has 0 fully saturated rings. The van der Waals surface area contributed by atoms with E-state index in [-0.39, 0.29) is 10.5 Å². The molecular formula is C6H4ClN3O3S. The maximum absolute atomic E-state index is 11.0. The van der Waals surface area contributed by atoms with E-state index in [4.69, 9.17) is 16.2 Å². The zero-order valence-electron chi connectivity index (χ0n) is 6.60. The SMILES string of the molecule is O=S(=O)(O)c1c(Cl)ccc2[nH]nnc12. The van der Waals surface area contributed by atoms with Crippen molar-refractivity contribution in [1.82, 2.24) is 15.4 Å². The average molecular weight is 234 g/mol. The van der Waals surface area contributed by atoms with Gasteiger partial charge in [-0.3, -0.25) is 9.65 Å². The molecule has 2 rings (SSSR count). The van der Waals surface area contributed by atoms with Gasteiger partial charge >= 0.3 is 0 Å². The van der Waals surface area contributed by atoms with Crippen LogP contribution in [0.3, 0.4) is 0 Å². The number of benzene rings is 1. The minimum absolute atomic E-state index is 0.0278. The van der Waals surface area contributed by atoms with Crippen molar-refractivity contribution in [3.05, 3.63) is 17.2 Å². The van der Waals surface area contributed by atoms with Crippen LogP contribution in [0.25, 0.3) is 11.0 Å². The standard InChI is InChI=1S/C6H4ClN3O3S/c7-3-1-2-4-5(9-10-8-4)6(3)14(11,12)13/h1-2H,(H,8,9,10)(H,11,12,13). The lowest BCUT2D eigenvalue weighted by molar-refractivity contribution is 0.484. The summed E-state index contributed by atoms with van der Waals surface area (Å²) in [4.78, 5) is -0.426. The highest BCUT2D eigenvalue weighted by atomic mass is 35.5. The molecule has 0 aliphatic heterocycles. The molecule has 0 saturated heterocycles. The van der Waals surface area contributed by atoms with Gasteiger partial charge in [-0.15, -0.1) is 5.10 Å². The zero-order valence-corrected chi connectivity index (χ0v) is 8.17. The van der Waals surface area contributed by atoms with Gasteiger partial charge in [0.1, 0.15) is 10.4 Å². The minimum atomic E-state index is -4.38. The molecule has 14 heavy (non-hydrogen) atoms. The summed E-state index contributed by atoms with van der Waals surface area (Å²) >= 11 is 5.62. The number of nitrogens with one attached hydrogen (secondary N) is 1. The van der Waals surface area contributed by atoms with E-state index in [2.05, 4.69) is 15.4 Å². The second kappa shape index (κ2) is 2.91. The highest BCUT2D eigenvalue weighted by molar-refractivity contribution is 7.86. The van der Waals surface area contributed by atoms with E-state index in [1.807, 2.05) is 0 Å². The monoisotopic (exact) mass is 233 g/mol. The summed E-state index contributed by atoms with van der Waals surface area (Å²) in [5.41, 5.74) is 0.419. The predicted octanol–water partition coefficient (Wildman–Crippen LogP) is 0.858. The van der Waals surface area contributed by atoms with Crippen LogP contribution >= 0.6 is 11.6 Å². The van der Waals surface area contributed by atoms with E-state index in [0.717, 1.165) is 0 Å². The fourth-order valence-electron chi connectivity index (χ4n) is 1.11. The molecule has 0 bridgehead atoms. The molecule has 0 unspecified atom stereocenters. The minimum Gasteiger partial charge on any atom is -0.282 e. The van der Waals surface area contributed by atoms with Gasteiger partial charge in [0, 0.05) is 0 Å². The van der Waals surface area contributed by atoms with Gasteiger partial charge in [0.05, 0.1) is 10.5 Å². The largest absolute Gasteiger partial charge is 0.298 e. The molecule has 1 aromatic heterocycles. The highest BCUT2D eigenvalue weighted by Crippen LogP contribution is 2.27. The van der Waals surface area contributed by atoms with Crippen LogP contribution in [0.4, 0.5) is 0 Å². The van der Waals surface area contributed by atoms with Gasteiger partial charge in [-0.1, -0.05) is 16.8 Å². The number of fused-ring (bicyclic) bond motifs is 1. The predicted molar refractivity (Wildman–Crippen MR) is 48.7 cm³/mol. The van der Waals surface area contributed by atoms with E-state index in [0.29, 0.717) is 5.52 Å². The number of H-pyrrole nitrogens is 1. The first-order chi connectivity index (χ1) is 6.50. The summed E-state index contributed by atoms with van der Waals surface area (Å²) in [5.74, 6) is 0. The van der Waals surface area contributed by atoms with Crippen molar-refractivity contribution in [2.24, 2.45) is 0 Å². The Morgan fingerprint density at radius 3 is 2.79 bits per heavy atom. The van der Waals surface area contributed by atoms with Crippen LogP contribution in [0, 0.1) is 0 Å². The summed E-state index contributed by atoms with van der Waals surface area (Å²) < 4.78 is 30.8. The molecule has 0 atom stereocenters. The van der Waals surface area contributed by atoms with E-state index in [1.165, 1.54) is 12.1 Å². The van der Waals surface area contributed by atoms with Crippen molar-refractivity contribution in [3.8, 4) is 0 Å². The van der Waals surface area contributed by atoms with E-state index in [1.54, 1.807) is 0 Å². The molecule has 8 heteroatoms. The molecule has 0 spiro atoms. The topological polar surface area (TPSA) is 95.9 Å². The van der Waals surface area contributed by atoms with Crippen LogP contribution in [0.2, 0.25) is 5.02 Å². The molecule has 2 aromatic rings. The summed E-state index contributed by atoms with van der Waals surface area (Å²) in [6.07, 6.45) is 0. The van der Waals surface area contributed by atoms with Crippen LogP contribution in [-0.2, 0) is 10.1 Å². The van der Waals surface area contributed by atoms with Crippen LogP contribution in [0.1, 0.15) is 0 Å². The van der Waals surface area contributed by atoms with Crippen LogP contribution in [0.5, 0.6) is 0 Å². The number of nitrogens with zero attached hydrogens (tertiary/aromatic N) is 2. The quantitative estimate of drug-likeness (QED) is 0.712. The Morgan fingerprint density at radius 1 is 1.43 bits per heavy atom. The lowest BCUT2D eigenvalue weighted by Crippen LogP contribution is -2.00. The maximum atomic E-state index is 11.0. The van der Waals surface area contributed by atoms with Crippen molar-refractivity contribution in [2.75, 3.05) is 0 Å². The first-order valence-corrected chi connectivity index (χ1v) is 5.28. The summed E-state index contributed by atoms with van der Waals surface area (Å²) in [7, 11) is -4.38. The van der Waals surface area contributed by atoms with Gasteiger partial charge in [-0.05, 0) is 12.1 Å². The van der Waals surface area contributed by atoms with E-state index in [9.17, 15) is 8.42 Å². The number of aromatic amines is 1. The Balaban J connectivity index is 2.98. The molecule has 74 valence electrons. The molecule has 0 aliphatic carbocycles. The second-order valence-electron chi connectivity index (χ2n) is 2.56. The Hall–Kier alpha value is -1.18. The summed E-state index contributed by atoms with van der Waals surface area (Å²) in [6.45, 7) is 0. The molecule has 6 nitrogen and oxygen atoms in total. The first-order valence-electron chi connectivity index (χ1n) is 3.47. The van der Waals surface area contributed by atoms with Crippen LogP contribution in [0.15, 0.2) is 17.0 Å². The molecule has 1 aromatic carbocycles. The van der Waals surface area contributed by atoms with Gasteiger partial charge in [-0.25, -0.2) is 0 Å². The fraction of sp³-hybridized carbons (Fsp3) is 0. The first kappa shape index (κ1) is 9.38. The highest BCUT2D eigenvalue weighted by Gasteiger charge is 2.20. The molecule has 2 N–H and O–H groups in total. The number of halogens is 1. The number of aromatic nitrogens is 3. The molecule has 1 heterocycles. The third-order valence-corrected chi connectivity index (χ3v) is 3.02. The van der Waals surface area contributed by atoms with Crippen molar-refractivity contribution in [3.63, 3.8) is 0 Å². The van der Waals surface area contributed by atoms with Crippen molar-refractivity contribution in [1.29, 1.82) is 0 Å². The fourth-order valence-corrected chi connectivity index (χ4v) is 2.26. The Labute approximate surface area is 83.6 Å². The van der Waals surface area contributed by atoms with Crippen molar-refractivity contribution < 1.29 is 13.0 Å². The van der Waals surface area contributed by atoms with Crippen LogP contribution < -0.4 is 0 Å². The Bertz CT molecular complexity index is 591. The van der Waals surface area contributed by atoms with Crippen molar-refractivity contribution >= 4 is 32.8 Å². The lowest BCUT2D eigenvalue weighted by atomic mass is 10.3. The normalized spacial score (nSPS) is 12.1. The van der Waals surface area contributed by atoms with Gasteiger partial charge in [0.15, 0.2) is 0 Å². The smallest absolute Gasteiger partial charge is 0.282 e. The number of hydrogen-bond acceptors (Lipinski definition) is 4. The number of rotatable bonds is 1. The zero-order chi connectivity index (χ0) is 10.3. The van der Waals surface area contributed by atoms with Gasteiger partial charge in [0.25, 0.3) is 10.1 Å². The van der Waals surface area contributed by atoms with Gasteiger partial charge < -0.3 is 0 Å². The van der Waals surface area contributed by atoms with Gasteiger partial charge in [0.2, 0.25) is 0 Å². The third kappa shape index (κ3) is 1.35. The van der Waals surface area contributed by atoms with E-state index >= 15 is 0 Å². The Kier molecular flexibility index (Phi) is 1.95.